The molecule has 58 valence electrons. The predicted molar refractivity (Wildman–Crippen MR) is 37.9 cm³/mol. The molecule has 0 bridgehead atoms. The van der Waals surface area contributed by atoms with Crippen molar-refractivity contribution in [2.45, 2.75) is 20.1 Å². The first kappa shape index (κ1) is 11.6. The van der Waals surface area contributed by atoms with Gasteiger partial charge >= 0.3 is 0 Å². The van der Waals surface area contributed by atoms with Crippen molar-refractivity contribution in [3.05, 3.63) is 0 Å². The topological polar surface area (TPSA) is 51.7 Å². The minimum Gasteiger partial charge on any atom is -0.412 e. The van der Waals surface area contributed by atoms with E-state index in [2.05, 4.69) is 6.92 Å². The summed E-state index contributed by atoms with van der Waals surface area (Å²) < 4.78 is 0.681. The fourth-order valence-electron chi connectivity index (χ4n) is 0.264. The van der Waals surface area contributed by atoms with Crippen LogP contribution in [0.1, 0.15) is 13.8 Å². The molecule has 1 unspecified atom stereocenters. The van der Waals surface area contributed by atoms with Crippen molar-refractivity contribution in [2.24, 2.45) is 0 Å². The maximum absolute atomic E-state index is 9.05. The number of nitrogens with zero attached hydrogens (tertiary/aromatic N) is 1. The first-order chi connectivity index (χ1) is 3.50. The van der Waals surface area contributed by atoms with E-state index in [-0.39, 0.29) is 11.7 Å². The monoisotopic (exact) mass is 136 g/mol. The Bertz CT molecular complexity index is 71.5. The van der Waals surface area contributed by atoms with Crippen molar-refractivity contribution < 1.29 is 15.1 Å². The molecule has 0 heterocycles. The van der Waals surface area contributed by atoms with Crippen molar-refractivity contribution in [1.29, 1.82) is 0 Å². The van der Waals surface area contributed by atoms with Crippen LogP contribution in [-0.2, 0) is 0 Å². The van der Waals surface area contributed by atoms with E-state index in [9.17, 15) is 0 Å². The molecule has 0 saturated heterocycles. The Labute approximate surface area is 56.8 Å². The van der Waals surface area contributed by atoms with Gasteiger partial charge in [0.05, 0.1) is 20.6 Å². The van der Waals surface area contributed by atoms with Crippen molar-refractivity contribution in [3.8, 4) is 0 Å². The summed E-state index contributed by atoms with van der Waals surface area (Å²) >= 11 is 0. The molecule has 1 atom stereocenters. The second kappa shape index (κ2) is 3.82. The highest BCUT2D eigenvalue weighted by Gasteiger charge is 2.17. The van der Waals surface area contributed by atoms with Crippen LogP contribution < -0.4 is 0 Å². The molecule has 0 aromatic rings. The molecule has 0 aliphatic heterocycles. The quantitative estimate of drug-likeness (QED) is 0.407. The van der Waals surface area contributed by atoms with Crippen LogP contribution in [0.4, 0.5) is 0 Å². The van der Waals surface area contributed by atoms with Gasteiger partial charge in [-0.1, -0.05) is 0 Å². The van der Waals surface area contributed by atoms with Crippen LogP contribution in [0, 0.1) is 0 Å². The second-order valence-electron chi connectivity index (χ2n) is 2.73. The summed E-state index contributed by atoms with van der Waals surface area (Å²) in [5.74, 6) is 0. The van der Waals surface area contributed by atoms with Gasteiger partial charge in [-0.25, -0.2) is 0 Å². The summed E-state index contributed by atoms with van der Waals surface area (Å²) in [7, 11) is 4.01. The van der Waals surface area contributed by atoms with Crippen LogP contribution in [0.2, 0.25) is 0 Å². The number of aliphatic hydroxyl groups excluding tert-OH is 1. The summed E-state index contributed by atoms with van der Waals surface area (Å²) in [6.07, 6.45) is -0.250. The Morgan fingerprint density at radius 1 is 1.44 bits per heavy atom. The van der Waals surface area contributed by atoms with Gasteiger partial charge in [0.2, 0.25) is 0 Å². The van der Waals surface area contributed by atoms with Gasteiger partial charge in [0.1, 0.15) is 0 Å². The highest BCUT2D eigenvalue weighted by Crippen LogP contribution is 2.00. The lowest BCUT2D eigenvalue weighted by atomic mass is 10.4. The standard InChI is InChI=1S/C6H16NO.H2O/c1-5-7(3,4)6(2)8;/h6,8H,5H2,1-4H3;1H2/q+1;. The van der Waals surface area contributed by atoms with Crippen LogP contribution in [0.15, 0.2) is 0 Å². The highest BCUT2D eigenvalue weighted by atomic mass is 16.3. The first-order valence-corrected chi connectivity index (χ1v) is 3.01. The van der Waals surface area contributed by atoms with Crippen molar-refractivity contribution in [3.63, 3.8) is 0 Å². The van der Waals surface area contributed by atoms with Crippen LogP contribution in [-0.4, -0.2) is 41.9 Å². The number of quaternary nitrogens is 1. The predicted octanol–water partition coefficient (Wildman–Crippen LogP) is -0.404. The first-order valence-electron chi connectivity index (χ1n) is 3.01. The molecule has 0 amide bonds. The van der Waals surface area contributed by atoms with Gasteiger partial charge < -0.3 is 15.1 Å². The molecule has 0 rings (SSSR count). The zero-order valence-corrected chi connectivity index (χ0v) is 6.68. The summed E-state index contributed by atoms with van der Waals surface area (Å²) in [5.41, 5.74) is 0. The van der Waals surface area contributed by atoms with Crippen molar-refractivity contribution in [2.75, 3.05) is 20.6 Å². The Hall–Kier alpha value is -0.120. The minimum atomic E-state index is -0.250. The average molecular weight is 136 g/mol. The molecule has 9 heavy (non-hydrogen) atoms. The van der Waals surface area contributed by atoms with Gasteiger partial charge in [0.25, 0.3) is 0 Å². The molecule has 0 aliphatic carbocycles. The van der Waals surface area contributed by atoms with Crippen LogP contribution in [0.25, 0.3) is 0 Å². The second-order valence-corrected chi connectivity index (χ2v) is 2.73. The van der Waals surface area contributed by atoms with Gasteiger partial charge in [-0.05, 0) is 6.92 Å². The molecule has 0 aliphatic rings. The van der Waals surface area contributed by atoms with Gasteiger partial charge in [0, 0.05) is 6.92 Å². The zero-order valence-electron chi connectivity index (χ0n) is 6.68. The average Bonchev–Trinajstić information content (AvgIpc) is 1.67. The van der Waals surface area contributed by atoms with E-state index >= 15 is 0 Å². The van der Waals surface area contributed by atoms with Crippen molar-refractivity contribution >= 4 is 0 Å². The molecule has 3 N–H and O–H groups in total. The molecule has 3 heteroatoms. The Kier molecular flexibility index (Phi) is 4.95. The molecule has 3 nitrogen and oxygen atoms in total. The smallest absolute Gasteiger partial charge is 0.187 e. The van der Waals surface area contributed by atoms with Crippen LogP contribution in [0.5, 0.6) is 0 Å². The number of rotatable bonds is 2. The summed E-state index contributed by atoms with van der Waals surface area (Å²) in [6, 6.07) is 0. The lowest BCUT2D eigenvalue weighted by Gasteiger charge is -2.30. The third kappa shape index (κ3) is 3.46. The van der Waals surface area contributed by atoms with Gasteiger partial charge in [-0.15, -0.1) is 0 Å². The third-order valence-electron chi connectivity index (χ3n) is 1.83. The van der Waals surface area contributed by atoms with Gasteiger partial charge in [-0.3, -0.25) is 0 Å². The van der Waals surface area contributed by atoms with E-state index in [4.69, 9.17) is 5.11 Å². The summed E-state index contributed by atoms with van der Waals surface area (Å²) in [4.78, 5) is 0. The fourth-order valence-corrected chi connectivity index (χ4v) is 0.264. The maximum atomic E-state index is 9.05. The summed E-state index contributed by atoms with van der Waals surface area (Å²) in [6.45, 7) is 4.84. The number of aliphatic hydroxyl groups is 1. The van der Waals surface area contributed by atoms with E-state index in [1.54, 1.807) is 0 Å². The van der Waals surface area contributed by atoms with Crippen molar-refractivity contribution in [1.82, 2.24) is 0 Å². The van der Waals surface area contributed by atoms with E-state index in [1.165, 1.54) is 0 Å². The molecule has 0 aromatic carbocycles. The molecule has 0 spiro atoms. The van der Waals surface area contributed by atoms with Gasteiger partial charge in [-0.2, -0.15) is 0 Å². The van der Waals surface area contributed by atoms with E-state index < -0.39 is 0 Å². The SMILES string of the molecule is CC[N+](C)(C)C(C)O.O. The Morgan fingerprint density at radius 2 is 1.78 bits per heavy atom. The molecule has 0 fully saturated rings. The van der Waals surface area contributed by atoms with Crippen LogP contribution in [0.3, 0.4) is 0 Å². The lowest BCUT2D eigenvalue weighted by molar-refractivity contribution is -0.932. The highest BCUT2D eigenvalue weighted by molar-refractivity contribution is 4.25. The number of hydrogen-bond donors (Lipinski definition) is 1. The van der Waals surface area contributed by atoms with Crippen LogP contribution >= 0.6 is 0 Å². The Balaban J connectivity index is 0. The molecular weight excluding hydrogens is 118 g/mol. The fraction of sp³-hybridized carbons (Fsp3) is 1.00. The molecule has 0 saturated carbocycles. The maximum Gasteiger partial charge on any atom is 0.187 e. The third-order valence-corrected chi connectivity index (χ3v) is 1.83. The van der Waals surface area contributed by atoms with E-state index in [0.717, 1.165) is 6.54 Å². The molecule has 0 aromatic heterocycles. The lowest BCUT2D eigenvalue weighted by Crippen LogP contribution is -2.46. The van der Waals surface area contributed by atoms with E-state index in [0.29, 0.717) is 4.48 Å². The minimum absolute atomic E-state index is 0. The van der Waals surface area contributed by atoms with E-state index in [1.807, 2.05) is 21.0 Å². The molecule has 0 radical (unpaired) electrons. The normalized spacial score (nSPS) is 14.3. The van der Waals surface area contributed by atoms with Gasteiger partial charge in [0.15, 0.2) is 6.23 Å². The Morgan fingerprint density at radius 3 is 1.78 bits per heavy atom. The molecular formula is C6H18NO2+. The number of hydrogen-bond acceptors (Lipinski definition) is 1. The zero-order chi connectivity index (χ0) is 6.78. The summed E-state index contributed by atoms with van der Waals surface area (Å²) in [5, 5.41) is 9.05. The largest absolute Gasteiger partial charge is 0.412 e.